The van der Waals surface area contributed by atoms with Crippen molar-refractivity contribution < 1.29 is 14.1 Å². The Hall–Kier alpha value is -2.90. The van der Waals surface area contributed by atoms with Gasteiger partial charge in [0.2, 0.25) is 11.7 Å². The summed E-state index contributed by atoms with van der Waals surface area (Å²) in [6, 6.07) is 15.1. The Morgan fingerprint density at radius 1 is 1.16 bits per heavy atom. The van der Waals surface area contributed by atoms with Crippen molar-refractivity contribution in [1.29, 1.82) is 0 Å². The molecular formula is C23H25ClN4O3. The maximum atomic E-state index is 12.8. The molecule has 2 aromatic carbocycles. The summed E-state index contributed by atoms with van der Waals surface area (Å²) >= 11 is 5.93. The van der Waals surface area contributed by atoms with Crippen molar-refractivity contribution in [2.45, 2.75) is 26.5 Å². The molecule has 1 atom stereocenters. The zero-order valence-electron chi connectivity index (χ0n) is 17.6. The fourth-order valence-corrected chi connectivity index (χ4v) is 3.68. The van der Waals surface area contributed by atoms with Gasteiger partial charge in [0.25, 0.3) is 5.91 Å². The first-order chi connectivity index (χ1) is 15.0. The summed E-state index contributed by atoms with van der Waals surface area (Å²) in [7, 11) is 0. The molecule has 8 heteroatoms. The average molecular weight is 441 g/mol. The molecule has 1 aliphatic rings. The molecule has 0 aliphatic carbocycles. The molecule has 1 fully saturated rings. The highest BCUT2D eigenvalue weighted by Crippen LogP contribution is 2.20. The molecule has 0 bridgehead atoms. The zero-order valence-corrected chi connectivity index (χ0v) is 18.4. The van der Waals surface area contributed by atoms with E-state index in [-0.39, 0.29) is 5.91 Å². The number of carbonyl (C=O) groups is 1. The second-order valence-corrected chi connectivity index (χ2v) is 8.13. The molecule has 4 rings (SSSR count). The fraction of sp³-hybridized carbons (Fsp3) is 0.348. The van der Waals surface area contributed by atoms with E-state index < -0.39 is 6.10 Å². The minimum absolute atomic E-state index is 0.00368. The highest BCUT2D eigenvalue weighted by Gasteiger charge is 2.27. The number of ether oxygens (including phenoxy) is 1. The van der Waals surface area contributed by atoms with Crippen molar-refractivity contribution in [1.82, 2.24) is 19.9 Å². The van der Waals surface area contributed by atoms with E-state index in [1.54, 1.807) is 19.1 Å². The molecule has 2 heterocycles. The van der Waals surface area contributed by atoms with Gasteiger partial charge in [0.1, 0.15) is 5.75 Å². The van der Waals surface area contributed by atoms with Crippen molar-refractivity contribution in [2.24, 2.45) is 0 Å². The Morgan fingerprint density at radius 2 is 1.90 bits per heavy atom. The molecule has 1 aromatic heterocycles. The van der Waals surface area contributed by atoms with Gasteiger partial charge >= 0.3 is 0 Å². The lowest BCUT2D eigenvalue weighted by molar-refractivity contribution is -0.139. The van der Waals surface area contributed by atoms with E-state index in [9.17, 15) is 4.79 Å². The Balaban J connectivity index is 1.27. The van der Waals surface area contributed by atoms with Crippen molar-refractivity contribution >= 4 is 17.5 Å². The van der Waals surface area contributed by atoms with Gasteiger partial charge in [-0.15, -0.1) is 0 Å². The number of piperazine rings is 1. The van der Waals surface area contributed by atoms with Crippen LogP contribution in [0.5, 0.6) is 5.75 Å². The first-order valence-electron chi connectivity index (χ1n) is 10.3. The van der Waals surface area contributed by atoms with Crippen molar-refractivity contribution in [2.75, 3.05) is 26.2 Å². The molecule has 0 spiro atoms. The minimum Gasteiger partial charge on any atom is -0.481 e. The number of hydrogen-bond donors (Lipinski definition) is 0. The van der Waals surface area contributed by atoms with Crippen LogP contribution in [-0.2, 0) is 11.3 Å². The van der Waals surface area contributed by atoms with E-state index in [0.717, 1.165) is 24.2 Å². The van der Waals surface area contributed by atoms with E-state index in [0.29, 0.717) is 42.1 Å². The molecule has 7 nitrogen and oxygen atoms in total. The van der Waals surface area contributed by atoms with Gasteiger partial charge in [-0.1, -0.05) is 28.9 Å². The Labute approximate surface area is 186 Å². The molecule has 1 saturated heterocycles. The quantitative estimate of drug-likeness (QED) is 0.580. The van der Waals surface area contributed by atoms with Crippen LogP contribution in [0.3, 0.4) is 0 Å². The number of benzene rings is 2. The summed E-state index contributed by atoms with van der Waals surface area (Å²) in [5, 5.41) is 4.72. The summed E-state index contributed by atoms with van der Waals surface area (Å²) in [5.41, 5.74) is 1.96. The van der Waals surface area contributed by atoms with Gasteiger partial charge in [-0.3, -0.25) is 9.69 Å². The summed E-state index contributed by atoms with van der Waals surface area (Å²) < 4.78 is 11.2. The topological polar surface area (TPSA) is 71.7 Å². The van der Waals surface area contributed by atoms with Crippen LogP contribution >= 0.6 is 11.6 Å². The molecule has 31 heavy (non-hydrogen) atoms. The van der Waals surface area contributed by atoms with Gasteiger partial charge in [-0.2, -0.15) is 4.98 Å². The van der Waals surface area contributed by atoms with E-state index in [2.05, 4.69) is 15.0 Å². The van der Waals surface area contributed by atoms with Crippen LogP contribution in [0.15, 0.2) is 53.1 Å². The molecule has 0 saturated carbocycles. The summed E-state index contributed by atoms with van der Waals surface area (Å²) in [6.45, 7) is 7.10. The third-order valence-corrected chi connectivity index (χ3v) is 5.52. The molecule has 1 aliphatic heterocycles. The molecule has 0 N–H and O–H groups in total. The summed E-state index contributed by atoms with van der Waals surface area (Å²) in [6.07, 6.45) is -0.522. The van der Waals surface area contributed by atoms with Crippen LogP contribution in [0.4, 0.5) is 0 Å². The number of hydrogen-bond acceptors (Lipinski definition) is 6. The molecular weight excluding hydrogens is 416 g/mol. The number of aromatic nitrogens is 2. The molecule has 1 amide bonds. The second kappa shape index (κ2) is 9.49. The molecule has 3 aromatic rings. The zero-order chi connectivity index (χ0) is 21.8. The Kier molecular flexibility index (Phi) is 6.53. The van der Waals surface area contributed by atoms with Crippen LogP contribution < -0.4 is 4.74 Å². The van der Waals surface area contributed by atoms with Gasteiger partial charge in [0, 0.05) is 36.8 Å². The van der Waals surface area contributed by atoms with Crippen LogP contribution in [0.2, 0.25) is 5.02 Å². The molecule has 1 unspecified atom stereocenters. The summed E-state index contributed by atoms with van der Waals surface area (Å²) in [5.74, 6) is 1.82. The predicted molar refractivity (Wildman–Crippen MR) is 118 cm³/mol. The van der Waals surface area contributed by atoms with Gasteiger partial charge in [-0.25, -0.2) is 0 Å². The highest BCUT2D eigenvalue weighted by molar-refractivity contribution is 6.30. The van der Waals surface area contributed by atoms with E-state index in [1.165, 1.54) is 0 Å². The van der Waals surface area contributed by atoms with Crippen LogP contribution in [0.25, 0.3) is 11.4 Å². The Bertz CT molecular complexity index is 1030. The van der Waals surface area contributed by atoms with Gasteiger partial charge < -0.3 is 14.2 Å². The van der Waals surface area contributed by atoms with Crippen molar-refractivity contribution in [3.8, 4) is 17.1 Å². The first-order valence-corrected chi connectivity index (χ1v) is 10.7. The Morgan fingerprint density at radius 3 is 2.61 bits per heavy atom. The van der Waals surface area contributed by atoms with E-state index >= 15 is 0 Å². The van der Waals surface area contributed by atoms with Crippen LogP contribution in [0, 0.1) is 6.92 Å². The van der Waals surface area contributed by atoms with Gasteiger partial charge in [-0.05, 0) is 55.8 Å². The third-order valence-electron chi connectivity index (χ3n) is 5.26. The van der Waals surface area contributed by atoms with Gasteiger partial charge in [0.05, 0.1) is 6.54 Å². The number of amides is 1. The maximum Gasteiger partial charge on any atom is 0.263 e. The molecule has 0 radical (unpaired) electrons. The van der Waals surface area contributed by atoms with Gasteiger partial charge in [0.15, 0.2) is 6.10 Å². The highest BCUT2D eigenvalue weighted by atomic mass is 35.5. The largest absolute Gasteiger partial charge is 0.481 e. The molecule has 162 valence electrons. The van der Waals surface area contributed by atoms with Crippen LogP contribution in [0.1, 0.15) is 18.4 Å². The predicted octanol–water partition coefficient (Wildman–Crippen LogP) is 3.81. The lowest BCUT2D eigenvalue weighted by Gasteiger charge is -2.35. The van der Waals surface area contributed by atoms with E-state index in [1.807, 2.05) is 48.2 Å². The smallest absolute Gasteiger partial charge is 0.263 e. The SMILES string of the molecule is Cc1cccc(OC(C)C(=O)N2CCN(Cc3nc(-c4ccc(Cl)cc4)no3)CC2)c1. The first kappa shape index (κ1) is 21.3. The fourth-order valence-electron chi connectivity index (χ4n) is 3.55. The number of carbonyl (C=O) groups excluding carboxylic acids is 1. The lowest BCUT2D eigenvalue weighted by atomic mass is 10.2. The van der Waals surface area contributed by atoms with Crippen molar-refractivity contribution in [3.63, 3.8) is 0 Å². The van der Waals surface area contributed by atoms with Crippen molar-refractivity contribution in [3.05, 3.63) is 65.0 Å². The number of rotatable bonds is 6. The number of nitrogens with zero attached hydrogens (tertiary/aromatic N) is 4. The maximum absolute atomic E-state index is 12.8. The third kappa shape index (κ3) is 5.42. The average Bonchev–Trinajstić information content (AvgIpc) is 3.23. The lowest BCUT2D eigenvalue weighted by Crippen LogP contribution is -2.51. The van der Waals surface area contributed by atoms with E-state index in [4.69, 9.17) is 20.9 Å². The summed E-state index contributed by atoms with van der Waals surface area (Å²) in [4.78, 5) is 21.3. The second-order valence-electron chi connectivity index (χ2n) is 7.70. The normalized spacial score (nSPS) is 15.6. The number of aryl methyl sites for hydroxylation is 1. The minimum atomic E-state index is -0.522. The monoisotopic (exact) mass is 440 g/mol. The standard InChI is InChI=1S/C23H25ClN4O3/c1-16-4-3-5-20(14-16)30-17(2)23(29)28-12-10-27(11-13-28)15-21-25-22(26-31-21)18-6-8-19(24)9-7-18/h3-9,14,17H,10-13,15H2,1-2H3. The number of halogens is 1. The van der Waals surface area contributed by atoms with Crippen LogP contribution in [-0.4, -0.2) is 58.1 Å².